The summed E-state index contributed by atoms with van der Waals surface area (Å²) in [5.41, 5.74) is 3.00. The minimum Gasteiger partial charge on any atom is -0.462 e. The van der Waals surface area contributed by atoms with Gasteiger partial charge in [0, 0.05) is 16.2 Å². The van der Waals surface area contributed by atoms with Crippen LogP contribution in [0.1, 0.15) is 45.8 Å². The molecule has 1 heterocycles. The monoisotopic (exact) mass is 497 g/mol. The van der Waals surface area contributed by atoms with Crippen LogP contribution in [0.5, 0.6) is 0 Å². The van der Waals surface area contributed by atoms with Gasteiger partial charge in [-0.1, -0.05) is 30.3 Å². The van der Waals surface area contributed by atoms with E-state index in [1.54, 1.807) is 24.5 Å². The maximum Gasteiger partial charge on any atom is 0.339 e. The van der Waals surface area contributed by atoms with E-state index in [4.69, 9.17) is 9.47 Å². The van der Waals surface area contributed by atoms with E-state index in [1.807, 2.05) is 43.3 Å². The van der Waals surface area contributed by atoms with Crippen LogP contribution in [0.25, 0.3) is 11.1 Å². The summed E-state index contributed by atoms with van der Waals surface area (Å²) in [5.74, 6) is -1.06. The first kappa shape index (κ1) is 23.5. The van der Waals surface area contributed by atoms with Crippen LogP contribution in [0.15, 0.2) is 63.9 Å². The average molecular weight is 498 g/mol. The van der Waals surface area contributed by atoms with Crippen molar-refractivity contribution in [1.29, 1.82) is 0 Å². The van der Waals surface area contributed by atoms with E-state index in [0.29, 0.717) is 22.1 Å². The third-order valence-corrected chi connectivity index (χ3v) is 5.58. The number of aryl methyl sites for hydroxylation is 1. The molecule has 0 amide bonds. The van der Waals surface area contributed by atoms with Gasteiger partial charge in [0.2, 0.25) is 0 Å². The fourth-order valence-corrected chi connectivity index (χ4v) is 3.91. The van der Waals surface area contributed by atoms with Crippen molar-refractivity contribution >= 4 is 27.9 Å². The molecule has 0 N–H and O–H groups in total. The molecule has 0 saturated heterocycles. The number of hydrogen-bond acceptors (Lipinski definition) is 5. The minimum absolute atomic E-state index is 0.202. The van der Waals surface area contributed by atoms with E-state index < -0.39 is 11.9 Å². The summed E-state index contributed by atoms with van der Waals surface area (Å²) in [4.78, 5) is 38.0. The van der Waals surface area contributed by atoms with Gasteiger partial charge in [0.15, 0.2) is 0 Å². The molecule has 3 rings (SSSR count). The number of pyridine rings is 1. The van der Waals surface area contributed by atoms with Gasteiger partial charge in [-0.2, -0.15) is 0 Å². The Kier molecular flexibility index (Phi) is 7.64. The zero-order valence-corrected chi connectivity index (χ0v) is 19.8. The highest BCUT2D eigenvalue weighted by Crippen LogP contribution is 2.31. The van der Waals surface area contributed by atoms with Gasteiger partial charge in [0.25, 0.3) is 5.56 Å². The largest absolute Gasteiger partial charge is 0.462 e. The topological polar surface area (TPSA) is 74.6 Å². The maximum atomic E-state index is 13.0. The zero-order valence-electron chi connectivity index (χ0n) is 18.2. The van der Waals surface area contributed by atoms with E-state index in [0.717, 1.165) is 11.3 Å². The summed E-state index contributed by atoms with van der Waals surface area (Å²) in [6, 6.07) is 16.1. The molecule has 166 valence electrons. The maximum absolute atomic E-state index is 13.0. The summed E-state index contributed by atoms with van der Waals surface area (Å²) in [6.45, 7) is 6.12. The lowest BCUT2D eigenvalue weighted by Gasteiger charge is -2.16. The van der Waals surface area contributed by atoms with Crippen molar-refractivity contribution in [2.75, 3.05) is 13.2 Å². The SMILES string of the molecule is CCOC(=O)c1cc(-c2cc(C)n(Cc3ccccc3)c(=O)c2)c(C(=O)OCC)cc1Br. The predicted octanol–water partition coefficient (Wildman–Crippen LogP) is 4.99. The molecule has 3 aromatic rings. The molecule has 2 aromatic carbocycles. The van der Waals surface area contributed by atoms with Crippen LogP contribution in [0.4, 0.5) is 0 Å². The molecule has 0 aliphatic heterocycles. The highest BCUT2D eigenvalue weighted by molar-refractivity contribution is 9.10. The molecule has 0 fully saturated rings. The van der Waals surface area contributed by atoms with Crippen LogP contribution in [0, 0.1) is 6.92 Å². The van der Waals surface area contributed by atoms with Gasteiger partial charge in [-0.15, -0.1) is 0 Å². The van der Waals surface area contributed by atoms with Crippen molar-refractivity contribution in [3.8, 4) is 11.1 Å². The summed E-state index contributed by atoms with van der Waals surface area (Å²) in [6.07, 6.45) is 0. The third kappa shape index (κ3) is 5.16. The van der Waals surface area contributed by atoms with Crippen molar-refractivity contribution in [3.63, 3.8) is 0 Å². The molecule has 0 radical (unpaired) electrons. The lowest BCUT2D eigenvalue weighted by molar-refractivity contribution is 0.0511. The van der Waals surface area contributed by atoms with E-state index >= 15 is 0 Å². The molecule has 0 atom stereocenters. The lowest BCUT2D eigenvalue weighted by Crippen LogP contribution is -2.22. The predicted molar refractivity (Wildman–Crippen MR) is 126 cm³/mol. The first-order chi connectivity index (χ1) is 15.3. The number of carbonyl (C=O) groups excluding carboxylic acids is 2. The van der Waals surface area contributed by atoms with E-state index in [9.17, 15) is 14.4 Å². The molecular formula is C25H24BrNO5. The van der Waals surface area contributed by atoms with Gasteiger partial charge < -0.3 is 14.0 Å². The van der Waals surface area contributed by atoms with E-state index in [2.05, 4.69) is 15.9 Å². The molecule has 0 aliphatic rings. The summed E-state index contributed by atoms with van der Waals surface area (Å²) in [5, 5.41) is 0. The Hall–Kier alpha value is -3.19. The van der Waals surface area contributed by atoms with Gasteiger partial charge in [0.1, 0.15) is 0 Å². The molecule has 6 nitrogen and oxygen atoms in total. The van der Waals surface area contributed by atoms with Gasteiger partial charge >= 0.3 is 11.9 Å². The van der Waals surface area contributed by atoms with Crippen LogP contribution in [-0.2, 0) is 16.0 Å². The van der Waals surface area contributed by atoms with Crippen molar-refractivity contribution in [2.45, 2.75) is 27.3 Å². The van der Waals surface area contributed by atoms with Crippen molar-refractivity contribution < 1.29 is 19.1 Å². The van der Waals surface area contributed by atoms with Crippen LogP contribution in [0.3, 0.4) is 0 Å². The molecule has 0 bridgehead atoms. The molecule has 0 unspecified atom stereocenters. The Bertz CT molecular complexity index is 1200. The van der Waals surface area contributed by atoms with Crippen LogP contribution < -0.4 is 5.56 Å². The number of carbonyl (C=O) groups is 2. The minimum atomic E-state index is -0.537. The lowest BCUT2D eigenvalue weighted by atomic mass is 9.97. The Morgan fingerprint density at radius 2 is 1.53 bits per heavy atom. The van der Waals surface area contributed by atoms with Crippen LogP contribution in [-0.4, -0.2) is 29.7 Å². The fourth-order valence-electron chi connectivity index (χ4n) is 3.41. The third-order valence-electron chi connectivity index (χ3n) is 4.93. The molecule has 0 spiro atoms. The van der Waals surface area contributed by atoms with Gasteiger partial charge in [-0.3, -0.25) is 4.79 Å². The number of hydrogen-bond donors (Lipinski definition) is 0. The Balaban J connectivity index is 2.14. The van der Waals surface area contributed by atoms with E-state index in [1.165, 1.54) is 12.1 Å². The first-order valence-corrected chi connectivity index (χ1v) is 11.1. The molecular weight excluding hydrogens is 474 g/mol. The second kappa shape index (κ2) is 10.4. The second-order valence-corrected chi connectivity index (χ2v) is 7.97. The van der Waals surface area contributed by atoms with Crippen LogP contribution >= 0.6 is 15.9 Å². The van der Waals surface area contributed by atoms with Crippen LogP contribution in [0.2, 0.25) is 0 Å². The van der Waals surface area contributed by atoms with Crippen molar-refractivity contribution in [3.05, 3.63) is 91.8 Å². The molecule has 7 heteroatoms. The smallest absolute Gasteiger partial charge is 0.339 e. The average Bonchev–Trinajstić information content (AvgIpc) is 2.77. The Morgan fingerprint density at radius 3 is 2.12 bits per heavy atom. The first-order valence-electron chi connectivity index (χ1n) is 10.3. The number of benzene rings is 2. The molecule has 32 heavy (non-hydrogen) atoms. The quantitative estimate of drug-likeness (QED) is 0.430. The summed E-state index contributed by atoms with van der Waals surface area (Å²) < 4.78 is 12.4. The number of aromatic nitrogens is 1. The highest BCUT2D eigenvalue weighted by Gasteiger charge is 2.22. The number of halogens is 1. The normalized spacial score (nSPS) is 10.6. The van der Waals surface area contributed by atoms with Gasteiger partial charge in [-0.05, 0) is 71.6 Å². The number of ether oxygens (including phenoxy) is 2. The Morgan fingerprint density at radius 1 is 0.906 bits per heavy atom. The fraction of sp³-hybridized carbons (Fsp3) is 0.240. The van der Waals surface area contributed by atoms with Gasteiger partial charge in [0.05, 0.1) is 30.9 Å². The van der Waals surface area contributed by atoms with E-state index in [-0.39, 0.29) is 29.9 Å². The molecule has 1 aromatic heterocycles. The van der Waals surface area contributed by atoms with Crippen molar-refractivity contribution in [1.82, 2.24) is 4.57 Å². The number of rotatable bonds is 7. The van der Waals surface area contributed by atoms with Gasteiger partial charge in [-0.25, -0.2) is 9.59 Å². The standard InChI is InChI=1S/C25H24BrNO5/c1-4-31-24(29)20-14-22(26)21(25(30)32-5-2)13-19(20)18-11-16(3)27(23(28)12-18)15-17-9-7-6-8-10-17/h6-14H,4-5,15H2,1-3H3. The molecule has 0 aliphatic carbocycles. The highest BCUT2D eigenvalue weighted by atomic mass is 79.9. The number of esters is 2. The Labute approximate surface area is 194 Å². The zero-order chi connectivity index (χ0) is 23.3. The van der Waals surface area contributed by atoms with Crippen molar-refractivity contribution in [2.24, 2.45) is 0 Å². The summed E-state index contributed by atoms with van der Waals surface area (Å²) in [7, 11) is 0. The molecule has 0 saturated carbocycles. The summed E-state index contributed by atoms with van der Waals surface area (Å²) >= 11 is 3.35. The number of nitrogens with zero attached hydrogens (tertiary/aromatic N) is 1. The second-order valence-electron chi connectivity index (χ2n) is 7.11.